The molecule has 0 spiro atoms. The molecule has 9 atom stereocenters. The van der Waals surface area contributed by atoms with E-state index in [0.717, 1.165) is 42.9 Å². The number of aliphatic hydroxyl groups is 2. The first-order chi connectivity index (χ1) is 11.5. The van der Waals surface area contributed by atoms with E-state index in [1.807, 2.05) is 0 Å². The molecule has 0 radical (unpaired) electrons. The van der Waals surface area contributed by atoms with Crippen LogP contribution in [-0.4, -0.2) is 28.2 Å². The lowest BCUT2D eigenvalue weighted by Gasteiger charge is -2.55. The van der Waals surface area contributed by atoms with Gasteiger partial charge >= 0.3 is 0 Å². The summed E-state index contributed by atoms with van der Waals surface area (Å²) >= 11 is 0. The van der Waals surface area contributed by atoms with E-state index in [4.69, 9.17) is 0 Å². The second-order valence-corrected chi connectivity index (χ2v) is 10.1. The van der Waals surface area contributed by atoms with Crippen molar-refractivity contribution < 1.29 is 15.0 Å². The Balaban J connectivity index is 1.39. The highest BCUT2D eigenvalue weighted by molar-refractivity contribution is 5.83. The number of carbonyl (C=O) groups is 1. The van der Waals surface area contributed by atoms with Gasteiger partial charge in [-0.05, 0) is 98.7 Å². The molecule has 5 saturated carbocycles. The number of hydrogen-bond acceptors (Lipinski definition) is 3. The Hall–Kier alpha value is -0.410. The molecular formula is C21H32O3. The van der Waals surface area contributed by atoms with Gasteiger partial charge in [-0.15, -0.1) is 0 Å². The number of hydrogen-bond donors (Lipinski definition) is 2. The zero-order chi connectivity index (χ0) is 16.7. The molecule has 0 saturated heterocycles. The Morgan fingerprint density at radius 2 is 1.58 bits per heavy atom. The van der Waals surface area contributed by atoms with Crippen molar-refractivity contribution in [3.63, 3.8) is 0 Å². The van der Waals surface area contributed by atoms with Gasteiger partial charge in [-0.2, -0.15) is 0 Å². The zero-order valence-electron chi connectivity index (χ0n) is 14.9. The Morgan fingerprint density at radius 1 is 0.917 bits per heavy atom. The molecule has 24 heavy (non-hydrogen) atoms. The van der Waals surface area contributed by atoms with Crippen LogP contribution in [-0.2, 0) is 4.79 Å². The molecule has 3 nitrogen and oxygen atoms in total. The fourth-order valence-corrected chi connectivity index (χ4v) is 8.32. The van der Waals surface area contributed by atoms with Crippen molar-refractivity contribution in [2.45, 2.75) is 70.3 Å². The molecular weight excluding hydrogens is 300 g/mol. The first kappa shape index (κ1) is 15.8. The molecule has 0 aromatic heterocycles. The van der Waals surface area contributed by atoms with Gasteiger partial charge in [0.1, 0.15) is 6.61 Å². The van der Waals surface area contributed by atoms with E-state index in [0.29, 0.717) is 11.8 Å². The largest absolute Gasteiger partial charge is 0.390 e. The monoisotopic (exact) mass is 332 g/mol. The minimum absolute atomic E-state index is 0.0906. The molecule has 0 amide bonds. The van der Waals surface area contributed by atoms with Crippen LogP contribution >= 0.6 is 0 Å². The summed E-state index contributed by atoms with van der Waals surface area (Å²) < 4.78 is 0. The Labute approximate surface area is 145 Å². The maximum Gasteiger partial charge on any atom is 0.161 e. The molecule has 2 N–H and O–H groups in total. The summed E-state index contributed by atoms with van der Waals surface area (Å²) in [6.07, 6.45) is 10.6. The van der Waals surface area contributed by atoms with Gasteiger partial charge in [0.25, 0.3) is 0 Å². The molecule has 134 valence electrons. The van der Waals surface area contributed by atoms with Crippen molar-refractivity contribution in [1.29, 1.82) is 0 Å². The van der Waals surface area contributed by atoms with Crippen LogP contribution in [0.5, 0.6) is 0 Å². The third-order valence-electron chi connectivity index (χ3n) is 9.50. The van der Waals surface area contributed by atoms with Crippen LogP contribution in [0.2, 0.25) is 0 Å². The van der Waals surface area contributed by atoms with Gasteiger partial charge in [-0.3, -0.25) is 4.79 Å². The summed E-state index contributed by atoms with van der Waals surface area (Å²) in [7, 11) is 0. The summed E-state index contributed by atoms with van der Waals surface area (Å²) in [5.41, 5.74) is -0.133. The van der Waals surface area contributed by atoms with Crippen LogP contribution in [0.25, 0.3) is 0 Å². The summed E-state index contributed by atoms with van der Waals surface area (Å²) in [4.78, 5) is 12.3. The van der Waals surface area contributed by atoms with Crippen LogP contribution in [0, 0.1) is 46.8 Å². The first-order valence-corrected chi connectivity index (χ1v) is 10.3. The predicted molar refractivity (Wildman–Crippen MR) is 91.1 cm³/mol. The molecule has 5 aliphatic carbocycles. The molecule has 0 aromatic carbocycles. The third kappa shape index (κ3) is 1.95. The van der Waals surface area contributed by atoms with Crippen molar-refractivity contribution in [3.8, 4) is 0 Å². The number of Topliss-reactive ketones (excluding diaryl/α,β-unsaturated/α-hetero) is 1. The van der Waals surface area contributed by atoms with Gasteiger partial charge in [-0.1, -0.05) is 6.92 Å². The van der Waals surface area contributed by atoms with Crippen LogP contribution < -0.4 is 0 Å². The summed E-state index contributed by atoms with van der Waals surface area (Å²) in [6, 6.07) is 0. The number of fused-ring (bicyclic) bond motifs is 7. The lowest BCUT2D eigenvalue weighted by Crippen LogP contribution is -2.50. The molecule has 5 aliphatic rings. The van der Waals surface area contributed by atoms with E-state index in [9.17, 15) is 15.0 Å². The van der Waals surface area contributed by atoms with E-state index < -0.39 is 0 Å². The maximum atomic E-state index is 12.3. The van der Waals surface area contributed by atoms with Crippen molar-refractivity contribution in [2.24, 2.45) is 46.8 Å². The standard InChI is InChI=1S/C21H32O3/c1-20-8-6-12-13-7-9-21(24)10-18(21)15(13)3-2-14(12)16(20)4-5-17(20)19(23)11-22/h12-18,22,24H,2-11H2,1H3/t12-,13-,14-,15-,16+,17-,18?,20+,21+/m1/s1. The fourth-order valence-electron chi connectivity index (χ4n) is 8.32. The number of ketones is 1. The number of carbonyl (C=O) groups excluding carboxylic acids is 1. The van der Waals surface area contributed by atoms with Crippen molar-refractivity contribution in [1.82, 2.24) is 0 Å². The highest BCUT2D eigenvalue weighted by Gasteiger charge is 2.65. The second kappa shape index (κ2) is 5.07. The Bertz CT molecular complexity index is 559. The van der Waals surface area contributed by atoms with Crippen molar-refractivity contribution >= 4 is 5.78 Å². The van der Waals surface area contributed by atoms with E-state index in [2.05, 4.69) is 6.92 Å². The van der Waals surface area contributed by atoms with Gasteiger partial charge in [0.2, 0.25) is 0 Å². The molecule has 0 aliphatic heterocycles. The maximum absolute atomic E-state index is 12.3. The normalized spacial score (nSPS) is 58.2. The molecule has 0 aromatic rings. The highest BCUT2D eigenvalue weighted by atomic mass is 16.3. The second-order valence-electron chi connectivity index (χ2n) is 10.1. The summed E-state index contributed by atoms with van der Waals surface area (Å²) in [6.45, 7) is 2.08. The quantitative estimate of drug-likeness (QED) is 0.816. The van der Waals surface area contributed by atoms with Crippen molar-refractivity contribution in [2.75, 3.05) is 6.61 Å². The Morgan fingerprint density at radius 3 is 2.29 bits per heavy atom. The molecule has 0 bridgehead atoms. The lowest BCUT2D eigenvalue weighted by molar-refractivity contribution is -0.133. The van der Waals surface area contributed by atoms with E-state index in [-0.39, 0.29) is 29.3 Å². The minimum atomic E-state index is -0.275. The van der Waals surface area contributed by atoms with E-state index in [1.54, 1.807) is 0 Å². The first-order valence-electron chi connectivity index (χ1n) is 10.3. The molecule has 5 rings (SSSR count). The molecule has 3 heteroatoms. The van der Waals surface area contributed by atoms with Crippen LogP contribution in [0.3, 0.4) is 0 Å². The Kier molecular flexibility index (Phi) is 3.34. The predicted octanol–water partition coefficient (Wildman–Crippen LogP) is 3.18. The number of rotatable bonds is 2. The van der Waals surface area contributed by atoms with Crippen LogP contribution in [0.4, 0.5) is 0 Å². The van der Waals surface area contributed by atoms with Gasteiger partial charge in [-0.25, -0.2) is 0 Å². The minimum Gasteiger partial charge on any atom is -0.390 e. The topological polar surface area (TPSA) is 57.5 Å². The van der Waals surface area contributed by atoms with Crippen LogP contribution in [0.15, 0.2) is 0 Å². The summed E-state index contributed by atoms with van der Waals surface area (Å²) in [5.74, 6) is 4.76. The SMILES string of the molecule is C[C@]12CC[C@@H]3[C@H]4CC[C@]5(O)CC5[C@@H]4CC[C@H]3[C@@H]1CC[C@@H]2C(=O)CO. The van der Waals surface area contributed by atoms with E-state index in [1.165, 1.54) is 38.5 Å². The molecule has 0 heterocycles. The zero-order valence-corrected chi connectivity index (χ0v) is 14.9. The van der Waals surface area contributed by atoms with Gasteiger partial charge in [0.05, 0.1) is 5.60 Å². The summed E-state index contributed by atoms with van der Waals surface area (Å²) in [5, 5.41) is 19.9. The highest BCUT2D eigenvalue weighted by Crippen LogP contribution is 2.68. The third-order valence-corrected chi connectivity index (χ3v) is 9.50. The average molecular weight is 332 g/mol. The van der Waals surface area contributed by atoms with Gasteiger partial charge in [0.15, 0.2) is 5.78 Å². The van der Waals surface area contributed by atoms with Crippen LogP contribution in [0.1, 0.15) is 64.7 Å². The number of aliphatic hydroxyl groups excluding tert-OH is 1. The fraction of sp³-hybridized carbons (Fsp3) is 0.952. The van der Waals surface area contributed by atoms with E-state index >= 15 is 0 Å². The van der Waals surface area contributed by atoms with Crippen molar-refractivity contribution in [3.05, 3.63) is 0 Å². The van der Waals surface area contributed by atoms with Gasteiger partial charge < -0.3 is 10.2 Å². The van der Waals surface area contributed by atoms with Gasteiger partial charge in [0, 0.05) is 5.92 Å². The molecule has 5 fully saturated rings. The lowest BCUT2D eigenvalue weighted by atomic mass is 9.49. The smallest absolute Gasteiger partial charge is 0.161 e. The average Bonchev–Trinajstić information content (AvgIpc) is 3.15. The molecule has 1 unspecified atom stereocenters.